The number of benzene rings is 1. The molecule has 1 atom stereocenters. The highest BCUT2D eigenvalue weighted by molar-refractivity contribution is 6.74. The summed E-state index contributed by atoms with van der Waals surface area (Å²) in [6.45, 7) is 13.9. The van der Waals surface area contributed by atoms with Crippen molar-refractivity contribution in [2.75, 3.05) is 13.2 Å². The van der Waals surface area contributed by atoms with Gasteiger partial charge in [0.15, 0.2) is 8.32 Å². The Kier molecular flexibility index (Phi) is 8.26. The van der Waals surface area contributed by atoms with Crippen molar-refractivity contribution in [3.63, 3.8) is 0 Å². The minimum atomic E-state index is -1.77. The molecule has 0 spiro atoms. The zero-order valence-electron chi connectivity index (χ0n) is 16.2. The topological polar surface area (TPSA) is 38.3 Å². The predicted molar refractivity (Wildman–Crippen MR) is 105 cm³/mol. The number of rotatable bonds is 9. The van der Waals surface area contributed by atoms with Crippen LogP contribution in [-0.2, 0) is 15.6 Å². The summed E-state index contributed by atoms with van der Waals surface area (Å²) in [5.74, 6) is -0.375. The van der Waals surface area contributed by atoms with E-state index >= 15 is 0 Å². The molecule has 1 N–H and O–H groups in total. The van der Waals surface area contributed by atoms with Crippen LogP contribution in [0.5, 0.6) is 0 Å². The average Bonchev–Trinajstić information content (AvgIpc) is 2.51. The van der Waals surface area contributed by atoms with E-state index in [2.05, 4.69) is 39.2 Å². The van der Waals surface area contributed by atoms with Gasteiger partial charge in [-0.05, 0) is 43.1 Å². The molecule has 0 unspecified atom stereocenters. The van der Waals surface area contributed by atoms with E-state index in [1.54, 1.807) is 12.1 Å². The van der Waals surface area contributed by atoms with Crippen molar-refractivity contribution in [1.29, 1.82) is 0 Å². The summed E-state index contributed by atoms with van der Waals surface area (Å²) in [7, 11) is -1.77. The molecule has 142 valence electrons. The molecule has 1 rings (SSSR count). The number of hydrogen-bond donors (Lipinski definition) is 1. The Morgan fingerprint density at radius 2 is 2.00 bits per heavy atom. The summed E-state index contributed by atoms with van der Waals surface area (Å²) < 4.78 is 20.0. The van der Waals surface area contributed by atoms with Gasteiger partial charge in [-0.15, -0.1) is 0 Å². The molecule has 0 aliphatic rings. The van der Waals surface area contributed by atoms with Crippen molar-refractivity contribution in [2.45, 2.75) is 64.7 Å². The van der Waals surface area contributed by atoms with Crippen LogP contribution in [0.15, 0.2) is 18.2 Å². The van der Waals surface area contributed by atoms with Crippen LogP contribution in [0.4, 0.5) is 4.39 Å². The SMILES string of the molecule is C[C@H](CO[Si](C)(C)C(C)(C)C)NCC(=O)CCc1cccc(Cl)c1F. The van der Waals surface area contributed by atoms with Crippen molar-refractivity contribution < 1.29 is 13.6 Å². The van der Waals surface area contributed by atoms with E-state index in [1.807, 2.05) is 6.92 Å². The zero-order valence-corrected chi connectivity index (χ0v) is 18.0. The van der Waals surface area contributed by atoms with Crippen molar-refractivity contribution in [3.05, 3.63) is 34.6 Å². The first kappa shape index (κ1) is 22.3. The molecule has 1 aromatic carbocycles. The van der Waals surface area contributed by atoms with Gasteiger partial charge in [-0.25, -0.2) is 4.39 Å². The summed E-state index contributed by atoms with van der Waals surface area (Å²) >= 11 is 5.75. The number of carbonyl (C=O) groups is 1. The number of nitrogens with one attached hydrogen (secondary N) is 1. The minimum absolute atomic E-state index is 0.0542. The number of carbonyl (C=O) groups excluding carboxylic acids is 1. The predicted octanol–water partition coefficient (Wildman–Crippen LogP) is 4.98. The van der Waals surface area contributed by atoms with Crippen LogP contribution in [0.2, 0.25) is 23.2 Å². The summed E-state index contributed by atoms with van der Waals surface area (Å²) in [6, 6.07) is 4.97. The molecule has 0 heterocycles. The molecule has 1 aromatic rings. The van der Waals surface area contributed by atoms with Crippen LogP contribution in [-0.4, -0.2) is 33.3 Å². The van der Waals surface area contributed by atoms with E-state index in [4.69, 9.17) is 16.0 Å². The smallest absolute Gasteiger partial charge is 0.192 e. The number of aryl methyl sites for hydroxylation is 1. The lowest BCUT2D eigenvalue weighted by Gasteiger charge is -2.37. The Morgan fingerprint density at radius 1 is 1.36 bits per heavy atom. The lowest BCUT2D eigenvalue weighted by Crippen LogP contribution is -2.45. The first-order valence-corrected chi connectivity index (χ1v) is 12.0. The van der Waals surface area contributed by atoms with E-state index in [9.17, 15) is 9.18 Å². The Balaban J connectivity index is 2.35. The van der Waals surface area contributed by atoms with Gasteiger partial charge in [-0.3, -0.25) is 4.79 Å². The summed E-state index contributed by atoms with van der Waals surface area (Å²) in [6.07, 6.45) is 0.655. The maximum atomic E-state index is 13.8. The van der Waals surface area contributed by atoms with Crippen molar-refractivity contribution in [3.8, 4) is 0 Å². The Hall–Kier alpha value is -0.753. The normalized spacial score (nSPS) is 13.8. The molecule has 25 heavy (non-hydrogen) atoms. The molecule has 0 aliphatic carbocycles. The van der Waals surface area contributed by atoms with Gasteiger partial charge in [-0.1, -0.05) is 44.5 Å². The number of hydrogen-bond acceptors (Lipinski definition) is 3. The van der Waals surface area contributed by atoms with E-state index in [0.29, 0.717) is 25.0 Å². The lowest BCUT2D eigenvalue weighted by molar-refractivity contribution is -0.118. The van der Waals surface area contributed by atoms with Crippen LogP contribution < -0.4 is 5.32 Å². The maximum absolute atomic E-state index is 13.8. The Bertz CT molecular complexity index is 587. The Labute approximate surface area is 157 Å². The molecule has 0 amide bonds. The molecule has 3 nitrogen and oxygen atoms in total. The standard InChI is InChI=1S/C19H31ClFNO2Si/c1-14(13-24-25(5,6)19(2,3)4)22-12-16(23)11-10-15-8-7-9-17(20)18(15)21/h7-9,14,22H,10-13H2,1-6H3/t14-/m1/s1. The fourth-order valence-corrected chi connectivity index (χ4v) is 3.29. The van der Waals surface area contributed by atoms with E-state index < -0.39 is 14.1 Å². The van der Waals surface area contributed by atoms with Gasteiger partial charge in [0.05, 0.1) is 11.6 Å². The van der Waals surface area contributed by atoms with E-state index in [0.717, 1.165) is 0 Å². The van der Waals surface area contributed by atoms with Crippen LogP contribution in [0.3, 0.4) is 0 Å². The molecular weight excluding hydrogens is 357 g/mol. The van der Waals surface area contributed by atoms with Gasteiger partial charge in [0.25, 0.3) is 0 Å². The molecule has 0 saturated heterocycles. The molecule has 0 saturated carbocycles. The van der Waals surface area contributed by atoms with Crippen molar-refractivity contribution in [2.24, 2.45) is 0 Å². The van der Waals surface area contributed by atoms with Gasteiger partial charge in [0.1, 0.15) is 11.6 Å². The van der Waals surface area contributed by atoms with Gasteiger partial charge in [0.2, 0.25) is 0 Å². The molecule has 0 aromatic heterocycles. The lowest BCUT2D eigenvalue weighted by atomic mass is 10.1. The number of ketones is 1. The monoisotopic (exact) mass is 387 g/mol. The van der Waals surface area contributed by atoms with Crippen LogP contribution in [0.25, 0.3) is 0 Å². The van der Waals surface area contributed by atoms with Crippen LogP contribution >= 0.6 is 11.6 Å². The molecule has 0 fully saturated rings. The summed E-state index contributed by atoms with van der Waals surface area (Å²) in [5, 5.41) is 3.46. The quantitative estimate of drug-likeness (QED) is 0.607. The third-order valence-corrected chi connectivity index (χ3v) is 9.65. The van der Waals surface area contributed by atoms with E-state index in [-0.39, 0.29) is 28.4 Å². The van der Waals surface area contributed by atoms with E-state index in [1.165, 1.54) is 6.07 Å². The molecule has 0 radical (unpaired) electrons. The maximum Gasteiger partial charge on any atom is 0.192 e. The second-order valence-corrected chi connectivity index (χ2v) is 13.3. The third-order valence-electron chi connectivity index (χ3n) is 4.85. The second-order valence-electron chi connectivity index (χ2n) is 8.10. The van der Waals surface area contributed by atoms with Crippen LogP contribution in [0.1, 0.15) is 39.7 Å². The average molecular weight is 388 g/mol. The first-order chi connectivity index (χ1) is 11.4. The molecule has 6 heteroatoms. The highest BCUT2D eigenvalue weighted by atomic mass is 35.5. The van der Waals surface area contributed by atoms with Crippen molar-refractivity contribution in [1.82, 2.24) is 5.32 Å². The van der Waals surface area contributed by atoms with Crippen molar-refractivity contribution >= 4 is 25.7 Å². The minimum Gasteiger partial charge on any atom is -0.415 e. The number of Topliss-reactive ketones (excluding diaryl/α,β-unsaturated/α-hetero) is 1. The first-order valence-electron chi connectivity index (χ1n) is 8.76. The van der Waals surface area contributed by atoms with Gasteiger partial charge in [-0.2, -0.15) is 0 Å². The van der Waals surface area contributed by atoms with Gasteiger partial charge in [0, 0.05) is 19.1 Å². The highest BCUT2D eigenvalue weighted by Gasteiger charge is 2.37. The second kappa shape index (κ2) is 9.26. The Morgan fingerprint density at radius 3 is 2.60 bits per heavy atom. The summed E-state index contributed by atoms with van der Waals surface area (Å²) in [5.41, 5.74) is 0.482. The molecule has 0 bridgehead atoms. The largest absolute Gasteiger partial charge is 0.415 e. The third kappa shape index (κ3) is 7.17. The highest BCUT2D eigenvalue weighted by Crippen LogP contribution is 2.36. The molecule has 0 aliphatic heterocycles. The number of halogens is 2. The summed E-state index contributed by atoms with van der Waals surface area (Å²) in [4.78, 5) is 12.0. The fraction of sp³-hybridized carbons (Fsp3) is 0.632. The van der Waals surface area contributed by atoms with Gasteiger partial charge >= 0.3 is 0 Å². The fourth-order valence-electron chi connectivity index (χ4n) is 2.00. The zero-order chi connectivity index (χ0) is 19.3. The van der Waals surface area contributed by atoms with Gasteiger partial charge < -0.3 is 9.74 Å². The van der Waals surface area contributed by atoms with Crippen LogP contribution in [0, 0.1) is 5.82 Å². The molecular formula is C19H31ClFNO2Si.